The first-order valence-corrected chi connectivity index (χ1v) is 16.2. The summed E-state index contributed by atoms with van der Waals surface area (Å²) in [7, 11) is -16.1. The molecule has 0 aliphatic carbocycles. The molecule has 5 N–H and O–H groups in total. The van der Waals surface area contributed by atoms with Gasteiger partial charge in [0.2, 0.25) is 0 Å². The zero-order chi connectivity index (χ0) is 29.7. The Labute approximate surface area is 233 Å². The number of terminal acetylenes is 1. The maximum absolute atomic E-state index is 12.3. The molecule has 1 aliphatic heterocycles. The van der Waals surface area contributed by atoms with Crippen molar-refractivity contribution < 1.29 is 55.5 Å². The van der Waals surface area contributed by atoms with Gasteiger partial charge in [-0.15, -0.1) is 6.42 Å². The maximum Gasteiger partial charge on any atom is 0.490 e. The number of benzene rings is 1. The molecule has 1 aromatic carbocycles. The largest absolute Gasteiger partial charge is 0.490 e. The first-order valence-electron chi connectivity index (χ1n) is 11.7. The zero-order valence-electron chi connectivity index (χ0n) is 21.2. The van der Waals surface area contributed by atoms with Crippen molar-refractivity contribution in [1.82, 2.24) is 19.5 Å². The van der Waals surface area contributed by atoms with Gasteiger partial charge in [-0.2, -0.15) is 8.62 Å². The van der Waals surface area contributed by atoms with E-state index in [-0.39, 0.29) is 19.0 Å². The summed E-state index contributed by atoms with van der Waals surface area (Å²) in [5.74, 6) is 2.52. The Morgan fingerprint density at radius 1 is 0.976 bits per heavy atom. The number of phosphoric ester groups is 2. The molecule has 2 aromatic heterocycles. The highest BCUT2D eigenvalue weighted by molar-refractivity contribution is 7.66. The minimum Gasteiger partial charge on any atom is -0.382 e. The highest BCUT2D eigenvalue weighted by Crippen LogP contribution is 2.67. The number of imidazole rings is 1. The normalized spacial score (nSPS) is 21.6. The third kappa shape index (κ3) is 8.97. The fraction of sp³-hybridized carbons (Fsp3) is 0.381. The number of ether oxygens (including phenoxy) is 2. The van der Waals surface area contributed by atoms with Crippen molar-refractivity contribution in [3.8, 4) is 12.3 Å². The standard InChI is InChI=1S/C21H26N5O12P3/c1-2-9-33-10-15-3-5-16(6-4-15)11-34-39(27,28)37-41(31,32)38-40(29,30)35-12-17-7-8-18(36-17)26-14-25-19-20(22)23-13-24-21(19)26/h1,3-6,13-14,17-18H,7-12H2,(H,27,28)(H,29,30)(H,31,32)(H2,22,23,24)/t17-,18+/m0/s1. The van der Waals surface area contributed by atoms with E-state index in [9.17, 15) is 28.4 Å². The second-order valence-corrected chi connectivity index (χ2v) is 13.2. The minimum absolute atomic E-state index is 0.135. The van der Waals surface area contributed by atoms with Gasteiger partial charge in [-0.25, -0.2) is 28.6 Å². The second kappa shape index (κ2) is 13.2. The van der Waals surface area contributed by atoms with E-state index in [2.05, 4.69) is 29.5 Å². The number of anilines is 1. The van der Waals surface area contributed by atoms with Crippen LogP contribution in [0.15, 0.2) is 36.9 Å². The molecule has 1 fully saturated rings. The summed E-state index contributed by atoms with van der Waals surface area (Å²) in [6.45, 7) is -0.639. The van der Waals surface area contributed by atoms with Crippen molar-refractivity contribution in [2.75, 3.05) is 18.9 Å². The fourth-order valence-electron chi connectivity index (χ4n) is 3.71. The fourth-order valence-corrected chi connectivity index (χ4v) is 7.23. The van der Waals surface area contributed by atoms with Gasteiger partial charge in [0.05, 0.1) is 32.3 Å². The molecule has 41 heavy (non-hydrogen) atoms. The lowest BCUT2D eigenvalue weighted by Crippen LogP contribution is -2.16. The van der Waals surface area contributed by atoms with Crippen molar-refractivity contribution in [2.24, 2.45) is 0 Å². The van der Waals surface area contributed by atoms with Gasteiger partial charge in [-0.05, 0) is 24.0 Å². The van der Waals surface area contributed by atoms with Gasteiger partial charge in [0, 0.05) is 0 Å². The first kappa shape index (κ1) is 31.4. The van der Waals surface area contributed by atoms with Crippen molar-refractivity contribution in [1.29, 1.82) is 0 Å². The van der Waals surface area contributed by atoms with Crippen molar-refractivity contribution in [3.05, 3.63) is 48.0 Å². The SMILES string of the molecule is C#CCOCc1ccc(COP(=O)(O)OP(=O)(O)OP(=O)(O)OC[C@@H]2CC[C@H](n3cnc4c(N)ncnc43)O2)cc1. The van der Waals surface area contributed by atoms with Gasteiger partial charge < -0.3 is 29.9 Å². The second-order valence-electron chi connectivity index (χ2n) is 8.52. The van der Waals surface area contributed by atoms with E-state index in [1.807, 2.05) is 0 Å². The molecule has 222 valence electrons. The lowest BCUT2D eigenvalue weighted by molar-refractivity contribution is -0.0205. The Kier molecular flexibility index (Phi) is 10.1. The number of fused-ring (bicyclic) bond motifs is 1. The van der Waals surface area contributed by atoms with Crippen LogP contribution in [-0.4, -0.2) is 53.5 Å². The number of hydrogen-bond acceptors (Lipinski definition) is 13. The molecule has 0 spiro atoms. The predicted octanol–water partition coefficient (Wildman–Crippen LogP) is 2.80. The highest BCUT2D eigenvalue weighted by Gasteiger charge is 2.43. The summed E-state index contributed by atoms with van der Waals surface area (Å²) < 4.78 is 66.9. The zero-order valence-corrected chi connectivity index (χ0v) is 23.8. The number of nitrogens with zero attached hydrogens (tertiary/aromatic N) is 4. The molecule has 4 rings (SSSR count). The Morgan fingerprint density at radius 3 is 2.32 bits per heavy atom. The van der Waals surface area contributed by atoms with Crippen LogP contribution in [0.3, 0.4) is 0 Å². The van der Waals surface area contributed by atoms with E-state index in [1.54, 1.807) is 28.8 Å². The number of phosphoric acid groups is 3. The smallest absolute Gasteiger partial charge is 0.382 e. The third-order valence-electron chi connectivity index (χ3n) is 5.49. The van der Waals surface area contributed by atoms with Crippen LogP contribution in [0.1, 0.15) is 30.2 Å². The number of aromatic nitrogens is 4. The van der Waals surface area contributed by atoms with Crippen LogP contribution in [-0.2, 0) is 54.1 Å². The topological polar surface area (TPSA) is 237 Å². The van der Waals surface area contributed by atoms with Crippen LogP contribution >= 0.6 is 23.5 Å². The van der Waals surface area contributed by atoms with Crippen LogP contribution in [0.5, 0.6) is 0 Å². The van der Waals surface area contributed by atoms with Gasteiger partial charge in [-0.3, -0.25) is 13.6 Å². The Morgan fingerprint density at radius 2 is 1.63 bits per heavy atom. The van der Waals surface area contributed by atoms with Crippen LogP contribution in [0.4, 0.5) is 5.82 Å². The molecule has 3 unspecified atom stereocenters. The van der Waals surface area contributed by atoms with Crippen molar-refractivity contribution in [2.45, 2.75) is 38.4 Å². The quantitative estimate of drug-likeness (QED) is 0.113. The molecule has 0 bridgehead atoms. The molecule has 17 nitrogen and oxygen atoms in total. The van der Waals surface area contributed by atoms with E-state index >= 15 is 0 Å². The molecule has 3 heterocycles. The van der Waals surface area contributed by atoms with Crippen LogP contribution in [0, 0.1) is 12.3 Å². The molecule has 1 saturated heterocycles. The van der Waals surface area contributed by atoms with Gasteiger partial charge in [0.1, 0.15) is 24.7 Å². The predicted molar refractivity (Wildman–Crippen MR) is 140 cm³/mol. The summed E-state index contributed by atoms with van der Waals surface area (Å²) in [5.41, 5.74) is 7.77. The Hall–Kier alpha value is -2.54. The number of nitrogens with two attached hydrogens (primary N) is 1. The average Bonchev–Trinajstić information content (AvgIpc) is 3.54. The van der Waals surface area contributed by atoms with E-state index in [4.69, 9.17) is 30.7 Å². The first-order chi connectivity index (χ1) is 19.4. The summed E-state index contributed by atoms with van der Waals surface area (Å²) in [6.07, 6.45) is 7.39. The Bertz CT molecular complexity index is 1550. The van der Waals surface area contributed by atoms with Crippen LogP contribution in [0.25, 0.3) is 11.2 Å². The number of nitrogen functional groups attached to an aromatic ring is 1. The van der Waals surface area contributed by atoms with E-state index in [0.717, 1.165) is 5.56 Å². The number of hydrogen-bond donors (Lipinski definition) is 4. The van der Waals surface area contributed by atoms with Crippen LogP contribution in [0.2, 0.25) is 0 Å². The molecule has 0 saturated carbocycles. The molecule has 20 heteroatoms. The number of rotatable bonds is 14. The molecule has 0 amide bonds. The molecule has 1 aliphatic rings. The summed E-state index contributed by atoms with van der Waals surface area (Å²) >= 11 is 0. The van der Waals surface area contributed by atoms with Crippen molar-refractivity contribution in [3.63, 3.8) is 0 Å². The summed E-state index contributed by atoms with van der Waals surface area (Å²) in [6, 6.07) is 6.40. The van der Waals surface area contributed by atoms with E-state index in [1.165, 1.54) is 12.7 Å². The molecular weight excluding hydrogens is 607 g/mol. The highest BCUT2D eigenvalue weighted by atomic mass is 31.3. The maximum atomic E-state index is 12.3. The molecule has 0 radical (unpaired) electrons. The van der Waals surface area contributed by atoms with Gasteiger partial charge in [-0.1, -0.05) is 30.2 Å². The summed E-state index contributed by atoms with van der Waals surface area (Å²) in [4.78, 5) is 41.7. The third-order valence-corrected chi connectivity index (χ3v) is 9.72. The summed E-state index contributed by atoms with van der Waals surface area (Å²) in [5, 5.41) is 0. The minimum atomic E-state index is -5.61. The van der Waals surface area contributed by atoms with E-state index < -0.39 is 49.0 Å². The molecule has 5 atom stereocenters. The average molecular weight is 633 g/mol. The monoisotopic (exact) mass is 633 g/mol. The molecule has 3 aromatic rings. The van der Waals surface area contributed by atoms with Gasteiger partial charge in [0.25, 0.3) is 0 Å². The lowest BCUT2D eigenvalue weighted by Gasteiger charge is -2.20. The van der Waals surface area contributed by atoms with Crippen LogP contribution < -0.4 is 5.73 Å². The van der Waals surface area contributed by atoms with Gasteiger partial charge in [0.15, 0.2) is 11.5 Å². The van der Waals surface area contributed by atoms with Gasteiger partial charge >= 0.3 is 23.5 Å². The van der Waals surface area contributed by atoms with E-state index in [0.29, 0.717) is 29.6 Å². The lowest BCUT2D eigenvalue weighted by atomic mass is 10.1. The Balaban J connectivity index is 1.24. The molecular formula is C21H26N5O12P3. The van der Waals surface area contributed by atoms with Crippen molar-refractivity contribution >= 4 is 40.4 Å².